The van der Waals surface area contributed by atoms with Crippen molar-refractivity contribution in [1.82, 2.24) is 21.3 Å². The lowest BCUT2D eigenvalue weighted by Crippen LogP contribution is -2.65. The van der Waals surface area contributed by atoms with E-state index in [1.807, 2.05) is 37.3 Å². The minimum Gasteiger partial charge on any atom is -0.404 e. The van der Waals surface area contributed by atoms with Crippen molar-refractivity contribution in [3.05, 3.63) is 35.9 Å². The van der Waals surface area contributed by atoms with Crippen LogP contribution in [0.25, 0.3) is 0 Å². The average Bonchev–Trinajstić information content (AvgIpc) is 3.32. The van der Waals surface area contributed by atoms with Crippen LogP contribution in [0.2, 0.25) is 0 Å². The molecule has 7 atom stereocenters. The summed E-state index contributed by atoms with van der Waals surface area (Å²) in [5.41, 5.74) is 0.815. The maximum absolute atomic E-state index is 13.9. The topological polar surface area (TPSA) is 125 Å². The summed E-state index contributed by atoms with van der Waals surface area (Å²) in [5, 5.41) is 19.8. The van der Waals surface area contributed by atoms with Crippen LogP contribution in [0.4, 0.5) is 0 Å². The van der Waals surface area contributed by atoms with E-state index in [0.717, 1.165) is 12.0 Å². The summed E-state index contributed by atoms with van der Waals surface area (Å²) >= 11 is 0. The molecule has 42 heavy (non-hydrogen) atoms. The molecule has 232 valence electrons. The van der Waals surface area contributed by atoms with Gasteiger partial charge in [0, 0.05) is 13.6 Å². The van der Waals surface area contributed by atoms with E-state index < -0.39 is 13.2 Å². The van der Waals surface area contributed by atoms with Crippen LogP contribution >= 0.6 is 0 Å². The molecule has 0 unspecified atom stereocenters. The Morgan fingerprint density at radius 3 is 2.43 bits per heavy atom. The summed E-state index contributed by atoms with van der Waals surface area (Å²) in [6, 6.07) is 8.98. The molecule has 3 saturated carbocycles. The quantitative estimate of drug-likeness (QED) is 0.104. The first-order valence-corrected chi connectivity index (χ1v) is 15.9. The zero-order valence-electron chi connectivity index (χ0n) is 26.6. The molecule has 1 heterocycles. The standard InChI is InChI=1S/C32H52BN5O4/c1-8-23(21-13-10-9-11-14-21)28(39)37-24(15-12-16-36-30(34)35-7)29(40)38-27(17-20(2)3)33-41-26-19-22-18-25(31(22,4)5)32(26,6)42-33/h9-11,13-14,20,22-27H,8,12,15-19H2,1-7H3,(H,37,39)(H,38,40)(H3,34,35,36)/t22-,23-,24-,25-,26+,27-,32-/m0/s1. The Labute approximate surface area is 252 Å². The van der Waals surface area contributed by atoms with E-state index in [9.17, 15) is 9.59 Å². The highest BCUT2D eigenvalue weighted by Crippen LogP contribution is 2.65. The summed E-state index contributed by atoms with van der Waals surface area (Å²) in [7, 11) is 1.16. The number of guanidine groups is 1. The summed E-state index contributed by atoms with van der Waals surface area (Å²) in [5.74, 6) is 0.568. The second-order valence-corrected chi connectivity index (χ2v) is 13.7. The number of carbonyl (C=O) groups is 2. The molecule has 0 radical (unpaired) electrons. The van der Waals surface area contributed by atoms with Crippen molar-refractivity contribution in [3.63, 3.8) is 0 Å². The summed E-state index contributed by atoms with van der Waals surface area (Å²) in [6.45, 7) is 13.6. The van der Waals surface area contributed by atoms with Crippen molar-refractivity contribution in [3.8, 4) is 0 Å². The van der Waals surface area contributed by atoms with E-state index in [-0.39, 0.29) is 46.8 Å². The van der Waals surface area contributed by atoms with E-state index in [4.69, 9.17) is 14.7 Å². The second-order valence-electron chi connectivity index (χ2n) is 13.7. The molecule has 0 spiro atoms. The van der Waals surface area contributed by atoms with Crippen molar-refractivity contribution in [2.45, 2.75) is 110 Å². The number of benzene rings is 1. The van der Waals surface area contributed by atoms with Crippen molar-refractivity contribution in [2.75, 3.05) is 13.6 Å². The summed E-state index contributed by atoms with van der Waals surface area (Å²) in [6.07, 6.45) is 4.57. The second kappa shape index (κ2) is 13.4. The first kappa shape index (κ1) is 32.3. The van der Waals surface area contributed by atoms with Gasteiger partial charge in [0.25, 0.3) is 0 Å². The van der Waals surface area contributed by atoms with Gasteiger partial charge in [-0.1, -0.05) is 65.0 Å². The fourth-order valence-electron chi connectivity index (χ4n) is 7.51. The van der Waals surface area contributed by atoms with Gasteiger partial charge in [-0.2, -0.15) is 0 Å². The molecule has 5 N–H and O–H groups in total. The van der Waals surface area contributed by atoms with Gasteiger partial charge in [-0.3, -0.25) is 15.0 Å². The monoisotopic (exact) mass is 581 g/mol. The number of hydrogen-bond donors (Lipinski definition) is 5. The van der Waals surface area contributed by atoms with Gasteiger partial charge in [0.15, 0.2) is 5.96 Å². The van der Waals surface area contributed by atoms with Crippen LogP contribution in [0.15, 0.2) is 30.3 Å². The third-order valence-corrected chi connectivity index (χ3v) is 10.1. The number of rotatable bonds is 13. The average molecular weight is 582 g/mol. The normalized spacial score (nSPS) is 27.7. The molecule has 5 rings (SSSR count). The number of amides is 2. The molecule has 1 aromatic rings. The van der Waals surface area contributed by atoms with Gasteiger partial charge in [0.2, 0.25) is 11.8 Å². The van der Waals surface area contributed by atoms with Gasteiger partial charge in [0.1, 0.15) is 6.04 Å². The lowest BCUT2D eigenvalue weighted by atomic mass is 9.43. The number of hydrogen-bond acceptors (Lipinski definition) is 5. The van der Waals surface area contributed by atoms with E-state index in [1.165, 1.54) is 6.42 Å². The Bertz CT molecular complexity index is 1100. The maximum Gasteiger partial charge on any atom is 0.481 e. The first-order chi connectivity index (χ1) is 19.9. The number of carbonyl (C=O) groups excluding carboxylic acids is 2. The van der Waals surface area contributed by atoms with Crippen LogP contribution in [-0.2, 0) is 18.9 Å². The molecular formula is C32H52BN5O4. The van der Waals surface area contributed by atoms with Gasteiger partial charge in [-0.05, 0) is 74.2 Å². The molecule has 2 amide bonds. The smallest absolute Gasteiger partial charge is 0.404 e. The Morgan fingerprint density at radius 2 is 1.81 bits per heavy atom. The number of nitrogens with one attached hydrogen (secondary N) is 5. The van der Waals surface area contributed by atoms with Gasteiger partial charge in [-0.25, -0.2) is 0 Å². The van der Waals surface area contributed by atoms with E-state index >= 15 is 0 Å². The Morgan fingerprint density at radius 1 is 1.10 bits per heavy atom. The summed E-state index contributed by atoms with van der Waals surface area (Å²) < 4.78 is 13.3. The Kier molecular flexibility index (Phi) is 10.3. The van der Waals surface area contributed by atoms with E-state index in [0.29, 0.717) is 50.0 Å². The van der Waals surface area contributed by atoms with Crippen LogP contribution in [0.5, 0.6) is 0 Å². The highest BCUT2D eigenvalue weighted by atomic mass is 16.7. The van der Waals surface area contributed by atoms with Crippen LogP contribution in [0.1, 0.15) is 91.5 Å². The SMILES string of the molecule is CC[C@H](C(=O)N[C@@H](CCCNC(=N)NC)C(=O)N[C@@H](CC(C)C)B1O[C@@H]2C[C@@H]3C[C@@H](C3(C)C)[C@]2(C)O1)c1ccccc1. The highest BCUT2D eigenvalue weighted by molar-refractivity contribution is 6.48. The Hall–Kier alpha value is -2.59. The molecule has 0 aromatic heterocycles. The van der Waals surface area contributed by atoms with Crippen LogP contribution in [0.3, 0.4) is 0 Å². The third kappa shape index (κ3) is 6.80. The minimum atomic E-state index is -0.721. The highest BCUT2D eigenvalue weighted by Gasteiger charge is 2.68. The predicted molar refractivity (Wildman–Crippen MR) is 167 cm³/mol. The molecular weight excluding hydrogens is 529 g/mol. The fourth-order valence-corrected chi connectivity index (χ4v) is 7.51. The zero-order valence-corrected chi connectivity index (χ0v) is 26.6. The van der Waals surface area contributed by atoms with E-state index in [2.05, 4.69) is 55.9 Å². The fraction of sp³-hybridized carbons (Fsp3) is 0.719. The molecule has 1 saturated heterocycles. The lowest BCUT2D eigenvalue weighted by Gasteiger charge is -2.64. The minimum absolute atomic E-state index is 0.0334. The predicted octanol–water partition coefficient (Wildman–Crippen LogP) is 3.99. The molecule has 2 bridgehead atoms. The van der Waals surface area contributed by atoms with Crippen molar-refractivity contribution < 1.29 is 18.9 Å². The molecule has 4 fully saturated rings. The maximum atomic E-state index is 13.9. The largest absolute Gasteiger partial charge is 0.481 e. The molecule has 10 heteroatoms. The Balaban J connectivity index is 1.48. The van der Waals surface area contributed by atoms with Crippen LogP contribution < -0.4 is 21.3 Å². The van der Waals surface area contributed by atoms with Gasteiger partial charge < -0.3 is 30.6 Å². The molecule has 3 aliphatic carbocycles. The van der Waals surface area contributed by atoms with Crippen molar-refractivity contribution in [2.24, 2.45) is 23.2 Å². The zero-order chi connectivity index (χ0) is 30.7. The van der Waals surface area contributed by atoms with Crippen molar-refractivity contribution in [1.29, 1.82) is 5.41 Å². The molecule has 9 nitrogen and oxygen atoms in total. The first-order valence-electron chi connectivity index (χ1n) is 15.9. The molecule has 1 aliphatic heterocycles. The van der Waals surface area contributed by atoms with Crippen LogP contribution in [0, 0.1) is 28.6 Å². The van der Waals surface area contributed by atoms with Gasteiger partial charge >= 0.3 is 7.12 Å². The van der Waals surface area contributed by atoms with Crippen molar-refractivity contribution >= 4 is 24.9 Å². The molecule has 4 aliphatic rings. The van der Waals surface area contributed by atoms with Gasteiger partial charge in [0.05, 0.1) is 23.6 Å². The molecule has 1 aromatic carbocycles. The van der Waals surface area contributed by atoms with Crippen LogP contribution in [-0.4, -0.2) is 62.2 Å². The third-order valence-electron chi connectivity index (χ3n) is 10.1. The van der Waals surface area contributed by atoms with E-state index in [1.54, 1.807) is 7.05 Å². The summed E-state index contributed by atoms with van der Waals surface area (Å²) in [4.78, 5) is 27.4. The van der Waals surface area contributed by atoms with Gasteiger partial charge in [-0.15, -0.1) is 0 Å². The lowest BCUT2D eigenvalue weighted by molar-refractivity contribution is -0.199.